The molecule has 0 saturated heterocycles. The van der Waals surface area contributed by atoms with Gasteiger partial charge in [-0.05, 0) is 97.5 Å². The molecule has 0 aliphatic carbocycles. The number of phenolic OH excluding ortho intramolecular Hbond substituents is 4. The molecule has 3 rings (SSSR count). The van der Waals surface area contributed by atoms with Crippen LogP contribution >= 0.6 is 0 Å². The second-order valence-electron chi connectivity index (χ2n) is 6.77. The first-order chi connectivity index (χ1) is 13.2. The number of aromatic hydroxyl groups is 4. The van der Waals surface area contributed by atoms with Crippen molar-refractivity contribution in [3.8, 4) is 45.3 Å². The van der Waals surface area contributed by atoms with E-state index in [-0.39, 0.29) is 23.0 Å². The van der Waals surface area contributed by atoms with E-state index in [0.29, 0.717) is 38.9 Å². The topological polar surface area (TPSA) is 80.9 Å². The molecule has 0 atom stereocenters. The van der Waals surface area contributed by atoms with Gasteiger partial charge in [-0.15, -0.1) is 0 Å². The minimum Gasteiger partial charge on any atom is -0.507 e. The minimum absolute atomic E-state index is 0.0389. The first-order valence-corrected chi connectivity index (χ1v) is 9.36. The lowest BCUT2D eigenvalue weighted by molar-refractivity contribution is 0.454. The van der Waals surface area contributed by atoms with E-state index in [1.165, 1.54) is 0 Å². The third-order valence-electron chi connectivity index (χ3n) is 4.74. The molecular weight excluding hydrogens is 352 g/mol. The van der Waals surface area contributed by atoms with Crippen LogP contribution in [0.2, 0.25) is 0 Å². The zero-order valence-corrected chi connectivity index (χ0v) is 17.3. The maximum atomic E-state index is 10.9. The minimum atomic E-state index is -0.0426. The van der Waals surface area contributed by atoms with Gasteiger partial charge in [0.05, 0.1) is 5.56 Å². The molecule has 0 aromatic heterocycles. The molecule has 4 N–H and O–H groups in total. The van der Waals surface area contributed by atoms with E-state index in [9.17, 15) is 20.4 Å². The van der Waals surface area contributed by atoms with E-state index in [0.717, 1.165) is 5.56 Å². The highest BCUT2D eigenvalue weighted by Crippen LogP contribution is 2.45. The van der Waals surface area contributed by atoms with Crippen molar-refractivity contribution >= 4 is 0 Å². The summed E-state index contributed by atoms with van der Waals surface area (Å²) in [5.41, 5.74) is 5.02. The Labute approximate surface area is 166 Å². The van der Waals surface area contributed by atoms with E-state index >= 15 is 0 Å². The summed E-state index contributed by atoms with van der Waals surface area (Å²) in [6, 6.07) is 10.2. The van der Waals surface area contributed by atoms with Gasteiger partial charge in [-0.25, -0.2) is 0 Å². The average molecular weight is 380 g/mol. The largest absolute Gasteiger partial charge is 0.507 e. The predicted molar refractivity (Wildman–Crippen MR) is 114 cm³/mol. The highest BCUT2D eigenvalue weighted by atomic mass is 16.3. The molecule has 0 aliphatic heterocycles. The van der Waals surface area contributed by atoms with E-state index in [2.05, 4.69) is 0 Å². The highest BCUT2D eigenvalue weighted by molar-refractivity contribution is 5.87. The van der Waals surface area contributed by atoms with E-state index in [4.69, 9.17) is 0 Å². The Balaban J connectivity index is 0.00000136. The van der Waals surface area contributed by atoms with Crippen molar-refractivity contribution in [2.45, 2.75) is 41.5 Å². The summed E-state index contributed by atoms with van der Waals surface area (Å²) in [5.74, 6) is 0.354. The van der Waals surface area contributed by atoms with Gasteiger partial charge in [0.1, 0.15) is 23.0 Å². The third kappa shape index (κ3) is 3.77. The molecule has 0 spiro atoms. The smallest absolute Gasteiger partial charge is 0.134 e. The fourth-order valence-electron chi connectivity index (χ4n) is 3.31. The van der Waals surface area contributed by atoms with E-state index in [1.807, 2.05) is 13.8 Å². The van der Waals surface area contributed by atoms with Crippen molar-refractivity contribution in [3.05, 3.63) is 58.7 Å². The van der Waals surface area contributed by atoms with E-state index < -0.39 is 0 Å². The molecule has 0 unspecified atom stereocenters. The van der Waals surface area contributed by atoms with Crippen LogP contribution in [0.3, 0.4) is 0 Å². The second-order valence-corrected chi connectivity index (χ2v) is 6.77. The molecular formula is C24H28O4. The van der Waals surface area contributed by atoms with E-state index in [1.54, 1.807) is 64.1 Å². The van der Waals surface area contributed by atoms with Crippen molar-refractivity contribution in [1.82, 2.24) is 0 Å². The molecule has 0 radical (unpaired) electrons. The van der Waals surface area contributed by atoms with Crippen molar-refractivity contribution in [2.24, 2.45) is 0 Å². The molecule has 4 heteroatoms. The monoisotopic (exact) mass is 380 g/mol. The number of aryl methyl sites for hydroxylation is 4. The van der Waals surface area contributed by atoms with Gasteiger partial charge < -0.3 is 20.4 Å². The molecule has 0 aliphatic rings. The molecule has 0 amide bonds. The van der Waals surface area contributed by atoms with Gasteiger partial charge in [-0.3, -0.25) is 0 Å². The van der Waals surface area contributed by atoms with Crippen LogP contribution in [0.5, 0.6) is 23.0 Å². The average Bonchev–Trinajstić information content (AvgIpc) is 2.65. The molecule has 148 valence electrons. The summed E-state index contributed by atoms with van der Waals surface area (Å²) in [7, 11) is 0. The highest BCUT2D eigenvalue weighted by Gasteiger charge is 2.18. The van der Waals surface area contributed by atoms with Gasteiger partial charge in [0, 0.05) is 5.56 Å². The lowest BCUT2D eigenvalue weighted by atomic mass is 9.93. The number of phenols is 4. The third-order valence-corrected chi connectivity index (χ3v) is 4.74. The van der Waals surface area contributed by atoms with Crippen molar-refractivity contribution in [3.63, 3.8) is 0 Å². The molecule has 4 nitrogen and oxygen atoms in total. The zero-order chi connectivity index (χ0) is 21.2. The van der Waals surface area contributed by atoms with Crippen LogP contribution in [0.1, 0.15) is 36.1 Å². The summed E-state index contributed by atoms with van der Waals surface area (Å²) in [5, 5.41) is 41.2. The standard InChI is InChI=1S/C22H22O4.C2H6/c1-11-7-15(8-12(2)20(11)24)17-5-6-18(23)19(22(17)26)16-9-13(3)21(25)14(4)10-16;1-2/h5-10,23-26H,1-4H3;1-2H3. The van der Waals surface area contributed by atoms with Crippen molar-refractivity contribution in [1.29, 1.82) is 0 Å². The Kier molecular flexibility index (Phi) is 6.24. The molecule has 0 heterocycles. The molecule has 3 aromatic rings. The van der Waals surface area contributed by atoms with Gasteiger partial charge in [0.2, 0.25) is 0 Å². The summed E-state index contributed by atoms with van der Waals surface area (Å²) in [6.07, 6.45) is 0. The normalized spacial score (nSPS) is 10.4. The quantitative estimate of drug-likeness (QED) is 0.433. The number of hydrogen-bond donors (Lipinski definition) is 4. The first kappa shape index (κ1) is 21.2. The zero-order valence-electron chi connectivity index (χ0n) is 17.3. The molecule has 0 fully saturated rings. The molecule has 3 aromatic carbocycles. The summed E-state index contributed by atoms with van der Waals surface area (Å²) < 4.78 is 0. The van der Waals surface area contributed by atoms with Crippen LogP contribution in [0, 0.1) is 27.7 Å². The summed E-state index contributed by atoms with van der Waals surface area (Å²) in [4.78, 5) is 0. The number of benzene rings is 3. The SMILES string of the molecule is CC.Cc1cc(-c2ccc(O)c(-c3cc(C)c(O)c(C)c3)c2O)cc(C)c1O. The van der Waals surface area contributed by atoms with Gasteiger partial charge in [-0.1, -0.05) is 13.8 Å². The number of hydrogen-bond acceptors (Lipinski definition) is 4. The lowest BCUT2D eigenvalue weighted by Crippen LogP contribution is -1.90. The Bertz CT molecular complexity index is 973. The summed E-state index contributed by atoms with van der Waals surface area (Å²) >= 11 is 0. The maximum Gasteiger partial charge on any atom is 0.134 e. The van der Waals surface area contributed by atoms with Crippen LogP contribution in [0.15, 0.2) is 36.4 Å². The Morgan fingerprint density at radius 2 is 0.929 bits per heavy atom. The lowest BCUT2D eigenvalue weighted by Gasteiger charge is -2.15. The maximum absolute atomic E-state index is 10.9. The predicted octanol–water partition coefficient (Wildman–Crippen LogP) is 6.10. The van der Waals surface area contributed by atoms with Gasteiger partial charge in [0.15, 0.2) is 0 Å². The van der Waals surface area contributed by atoms with Crippen LogP contribution in [0.25, 0.3) is 22.3 Å². The molecule has 0 bridgehead atoms. The van der Waals surface area contributed by atoms with Gasteiger partial charge in [-0.2, -0.15) is 0 Å². The summed E-state index contributed by atoms with van der Waals surface area (Å²) in [6.45, 7) is 11.2. The fourth-order valence-corrected chi connectivity index (χ4v) is 3.31. The Hall–Kier alpha value is -3.14. The Morgan fingerprint density at radius 3 is 1.36 bits per heavy atom. The van der Waals surface area contributed by atoms with Crippen molar-refractivity contribution in [2.75, 3.05) is 0 Å². The molecule has 28 heavy (non-hydrogen) atoms. The van der Waals surface area contributed by atoms with Crippen LogP contribution in [-0.4, -0.2) is 20.4 Å². The second kappa shape index (κ2) is 8.26. The van der Waals surface area contributed by atoms with Crippen molar-refractivity contribution < 1.29 is 20.4 Å². The number of rotatable bonds is 2. The van der Waals surface area contributed by atoms with Gasteiger partial charge in [0.25, 0.3) is 0 Å². The van der Waals surface area contributed by atoms with Crippen LogP contribution in [-0.2, 0) is 0 Å². The fraction of sp³-hybridized carbons (Fsp3) is 0.250. The molecule has 0 saturated carbocycles. The van der Waals surface area contributed by atoms with Crippen LogP contribution < -0.4 is 0 Å². The first-order valence-electron chi connectivity index (χ1n) is 9.36. The van der Waals surface area contributed by atoms with Crippen LogP contribution in [0.4, 0.5) is 0 Å². The Morgan fingerprint density at radius 1 is 0.536 bits per heavy atom. The van der Waals surface area contributed by atoms with Gasteiger partial charge >= 0.3 is 0 Å².